The van der Waals surface area contributed by atoms with E-state index in [0.29, 0.717) is 6.42 Å². The van der Waals surface area contributed by atoms with Crippen LogP contribution in [0.1, 0.15) is 48.0 Å². The number of carbonyl (C=O) groups excluding carboxylic acids is 3. The first-order valence-electron chi connectivity index (χ1n) is 9.16. The minimum atomic E-state index is -3.30. The average Bonchev–Trinajstić information content (AvgIpc) is 3.44. The quantitative estimate of drug-likeness (QED) is 0.108. The second kappa shape index (κ2) is 39.5. The molecule has 0 saturated heterocycles. The normalized spacial score (nSPS) is 15.5. The summed E-state index contributed by atoms with van der Waals surface area (Å²) in [6.07, 6.45) is 0.559. The minimum absolute atomic E-state index is 0. The molecule has 0 aromatic heterocycles. The Morgan fingerprint density at radius 3 is 1.48 bits per heavy atom. The third kappa shape index (κ3) is 42.4. The summed E-state index contributed by atoms with van der Waals surface area (Å²) in [5, 5.41) is 8.35. The van der Waals surface area contributed by atoms with E-state index in [4.69, 9.17) is 47.4 Å². The van der Waals surface area contributed by atoms with Crippen molar-refractivity contribution in [3.8, 4) is 0 Å². The molecule has 1 aliphatic carbocycles. The molecular weight excluding hydrogens is 616 g/mol. The molecule has 1 aliphatic rings. The maximum atomic E-state index is 10.8. The van der Waals surface area contributed by atoms with Crippen LogP contribution < -0.4 is 34.8 Å². The number of rotatable bonds is 5. The van der Waals surface area contributed by atoms with Crippen LogP contribution in [0.3, 0.4) is 0 Å². The molecule has 1 fully saturated rings. The van der Waals surface area contributed by atoms with Gasteiger partial charge in [-0.05, 0) is 11.6 Å². The van der Waals surface area contributed by atoms with Gasteiger partial charge in [0.2, 0.25) is 15.5 Å². The number of hydrogen-bond acceptors (Lipinski definition) is 10. The molecular formula is C14H26Cl3Na3O9S4. The first-order chi connectivity index (χ1) is 14.9. The van der Waals surface area contributed by atoms with E-state index >= 15 is 0 Å². The fraction of sp³-hybridized carbons (Fsp3) is 0.786. The van der Waals surface area contributed by atoms with Crippen LogP contribution in [0, 0.1) is 5.92 Å². The van der Waals surface area contributed by atoms with Gasteiger partial charge in [-0.3, -0.25) is 14.4 Å². The van der Waals surface area contributed by atoms with Crippen molar-refractivity contribution in [2.24, 2.45) is 5.92 Å². The van der Waals surface area contributed by atoms with Gasteiger partial charge in [0.1, 0.15) is 19.8 Å². The Kier molecular flexibility index (Phi) is 62.8. The number of Topliss-reactive ketones (excluding diaryl/α,β-unsaturated/α-hetero) is 2. The fourth-order valence-electron chi connectivity index (χ4n) is 0.862. The summed E-state index contributed by atoms with van der Waals surface area (Å²) in [5.41, 5.74) is 0. The van der Waals surface area contributed by atoms with Crippen molar-refractivity contribution in [3.63, 3.8) is 0 Å². The molecule has 0 heterocycles. The van der Waals surface area contributed by atoms with Gasteiger partial charge in [-0.2, -0.15) is 12.6 Å². The first kappa shape index (κ1) is 52.4. The molecule has 0 spiro atoms. The standard InChI is InChI=1S/C4H7ClO.C4H6O4S2.C2H2Cl2O.2C2H6.3Na.O3S2/c1-2-4(6)3-5;1-2-3(5)4(2)10(7,9)8-6;3-1-2(4)5;2*1-2;;;;1-4-5(2)3/h2-3H2,1H3;2,4,6H,1H3;1H2;2*1-2H3;;;;/q;;;;;;;+1;/p-1. The van der Waals surface area contributed by atoms with Gasteiger partial charge in [-0.25, -0.2) is 4.21 Å². The van der Waals surface area contributed by atoms with E-state index < -0.39 is 38.8 Å². The molecule has 33 heavy (non-hydrogen) atoms. The summed E-state index contributed by atoms with van der Waals surface area (Å²) < 4.78 is 41.0. The van der Waals surface area contributed by atoms with Crippen LogP contribution in [0.15, 0.2) is 0 Å². The molecule has 3 atom stereocenters. The van der Waals surface area contributed by atoms with Crippen LogP contribution in [0.2, 0.25) is 0 Å². The molecule has 0 aliphatic heterocycles. The molecule has 1 saturated carbocycles. The maximum absolute atomic E-state index is 10.8. The Balaban J connectivity index is -0.0000000521. The van der Waals surface area contributed by atoms with E-state index in [1.54, 1.807) is 13.8 Å². The molecule has 0 bridgehead atoms. The second-order valence-electron chi connectivity index (χ2n) is 3.96. The SMILES string of the molecule is CC.CC.CC1C(=O)C1S(=O)(=S)O[O-].CCC(=O)CCl.O=C(Cl)CCl.O=S=S(=O)=O.[Na+].[Na][Na]. The van der Waals surface area contributed by atoms with Crippen molar-refractivity contribution in [1.29, 1.82) is 0 Å². The molecule has 0 radical (unpaired) electrons. The van der Waals surface area contributed by atoms with Crippen molar-refractivity contribution >= 4 is 135 Å². The van der Waals surface area contributed by atoms with E-state index in [-0.39, 0.29) is 58.8 Å². The predicted molar refractivity (Wildman–Crippen MR) is 133 cm³/mol. The van der Waals surface area contributed by atoms with E-state index in [0.717, 1.165) is 0 Å². The number of alkyl halides is 2. The van der Waals surface area contributed by atoms with Gasteiger partial charge in [-0.1, -0.05) is 41.5 Å². The van der Waals surface area contributed by atoms with Crippen molar-refractivity contribution in [2.45, 2.75) is 53.2 Å². The molecule has 0 amide bonds. The van der Waals surface area contributed by atoms with Crippen LogP contribution in [0.4, 0.5) is 0 Å². The molecule has 3 unspecified atom stereocenters. The van der Waals surface area contributed by atoms with Crippen molar-refractivity contribution in [1.82, 2.24) is 0 Å². The Bertz CT molecular complexity index is 734. The second-order valence-corrected chi connectivity index (χ2v) is 9.71. The summed E-state index contributed by atoms with van der Waals surface area (Å²) in [5.74, 6) is -0.426. The summed E-state index contributed by atoms with van der Waals surface area (Å²) in [6.45, 7) is 11.4. The fourth-order valence-corrected chi connectivity index (χ4v) is 2.98. The van der Waals surface area contributed by atoms with Gasteiger partial charge >= 0.3 is 82.4 Å². The van der Waals surface area contributed by atoms with Crippen molar-refractivity contribution in [2.75, 3.05) is 11.8 Å². The third-order valence-electron chi connectivity index (χ3n) is 2.18. The van der Waals surface area contributed by atoms with Crippen molar-refractivity contribution in [3.05, 3.63) is 0 Å². The monoisotopic (exact) mass is 640 g/mol. The van der Waals surface area contributed by atoms with Gasteiger partial charge in [0.05, 0.1) is 11.8 Å². The van der Waals surface area contributed by atoms with Gasteiger partial charge in [0.25, 0.3) is 0 Å². The van der Waals surface area contributed by atoms with Crippen LogP contribution in [-0.4, -0.2) is 94.3 Å². The Morgan fingerprint density at radius 1 is 1.18 bits per heavy atom. The summed E-state index contributed by atoms with van der Waals surface area (Å²) in [6, 6.07) is 0. The Labute approximate surface area is 271 Å². The van der Waals surface area contributed by atoms with E-state index in [2.05, 4.69) is 15.5 Å². The van der Waals surface area contributed by atoms with Gasteiger partial charge in [0.15, 0.2) is 5.78 Å². The first-order valence-corrected chi connectivity index (χ1v) is 23.4. The predicted octanol–water partition coefficient (Wildman–Crippen LogP) is -1.99. The van der Waals surface area contributed by atoms with Crippen LogP contribution >= 0.6 is 34.8 Å². The molecule has 9 nitrogen and oxygen atoms in total. The van der Waals surface area contributed by atoms with E-state index in [9.17, 15) is 23.8 Å². The zero-order valence-electron chi connectivity index (χ0n) is 20.2. The summed E-state index contributed by atoms with van der Waals surface area (Å²) in [7, 11) is -6.21. The summed E-state index contributed by atoms with van der Waals surface area (Å²) in [4.78, 5) is 30.1. The molecule has 0 N–H and O–H groups in total. The van der Waals surface area contributed by atoms with Gasteiger partial charge in [-0.15, -0.1) is 23.2 Å². The van der Waals surface area contributed by atoms with Crippen LogP contribution in [0.25, 0.3) is 0 Å². The van der Waals surface area contributed by atoms with E-state index in [1.807, 2.05) is 27.7 Å². The van der Waals surface area contributed by atoms with Crippen molar-refractivity contribution < 1.29 is 70.4 Å². The van der Waals surface area contributed by atoms with E-state index in [1.165, 1.54) is 43.6 Å². The molecule has 184 valence electrons. The third-order valence-corrected chi connectivity index (χ3v) is 5.68. The van der Waals surface area contributed by atoms with Crippen LogP contribution in [-0.2, 0) is 58.2 Å². The zero-order valence-corrected chi connectivity index (χ0v) is 31.8. The average molecular weight is 642 g/mol. The number of ketones is 2. The van der Waals surface area contributed by atoms with Gasteiger partial charge in [0, 0.05) is 23.5 Å². The Hall–Kier alpha value is 3.01. The van der Waals surface area contributed by atoms with Gasteiger partial charge < -0.3 is 9.59 Å². The number of halogens is 3. The topological polar surface area (TPSA) is 152 Å². The molecule has 19 heteroatoms. The molecule has 1 rings (SSSR count). The molecule has 0 aromatic carbocycles. The number of carbonyl (C=O) groups is 3. The number of hydrogen-bond donors (Lipinski definition) is 0. The Morgan fingerprint density at radius 2 is 1.45 bits per heavy atom. The summed E-state index contributed by atoms with van der Waals surface area (Å²) >= 11 is 21.8. The van der Waals surface area contributed by atoms with Crippen LogP contribution in [0.5, 0.6) is 0 Å². The zero-order chi connectivity index (χ0) is 27.5. The molecule has 0 aromatic rings.